The summed E-state index contributed by atoms with van der Waals surface area (Å²) in [6, 6.07) is 5.11. The van der Waals surface area contributed by atoms with Crippen LogP contribution in [0.4, 0.5) is 0 Å². The molecule has 0 spiro atoms. The molecule has 0 unspecified atom stereocenters. The Labute approximate surface area is 117 Å². The van der Waals surface area contributed by atoms with Crippen molar-refractivity contribution in [1.82, 2.24) is 0 Å². The molecule has 0 aliphatic rings. The molecule has 1 rings (SSSR count). The Bertz CT molecular complexity index is 401. The highest BCUT2D eigenvalue weighted by molar-refractivity contribution is 7.80. The highest BCUT2D eigenvalue weighted by Crippen LogP contribution is 2.26. The first kappa shape index (κ1) is 14.6. The van der Waals surface area contributed by atoms with E-state index in [9.17, 15) is 0 Å². The van der Waals surface area contributed by atoms with Crippen molar-refractivity contribution in [2.45, 2.75) is 20.3 Å². The molecular formula is C12H15Cl2NOS. The Kier molecular flexibility index (Phi) is 5.04. The maximum Gasteiger partial charge on any atom is 0.122 e. The molecule has 5 heteroatoms. The normalized spacial score (nSPS) is 11.3. The van der Waals surface area contributed by atoms with E-state index in [0.29, 0.717) is 27.4 Å². The monoisotopic (exact) mass is 291 g/mol. The second-order valence-corrected chi connectivity index (χ2v) is 5.76. The molecule has 0 aliphatic carbocycles. The number of nitrogens with two attached hydrogens (primary N) is 1. The van der Waals surface area contributed by atoms with E-state index < -0.39 is 0 Å². The molecule has 0 aromatic heterocycles. The quantitative estimate of drug-likeness (QED) is 0.831. The summed E-state index contributed by atoms with van der Waals surface area (Å²) >= 11 is 16.7. The standard InChI is InChI=1S/C12H15Cl2NOS/c1-12(2,11(15)17)3-4-16-10-6-8(13)5-9(14)7-10/h5-7H,3-4H2,1-2H3,(H2,15,17). The van der Waals surface area contributed by atoms with Gasteiger partial charge in [-0.05, 0) is 24.6 Å². The van der Waals surface area contributed by atoms with Crippen LogP contribution in [0.3, 0.4) is 0 Å². The first-order valence-electron chi connectivity index (χ1n) is 5.20. The second-order valence-electron chi connectivity index (χ2n) is 4.45. The second kappa shape index (κ2) is 5.89. The van der Waals surface area contributed by atoms with Gasteiger partial charge in [-0.2, -0.15) is 0 Å². The van der Waals surface area contributed by atoms with Gasteiger partial charge >= 0.3 is 0 Å². The number of thiocarbonyl (C=S) groups is 1. The Morgan fingerprint density at radius 3 is 2.29 bits per heavy atom. The summed E-state index contributed by atoms with van der Waals surface area (Å²) in [6.07, 6.45) is 0.743. The Balaban J connectivity index is 2.54. The molecule has 1 aromatic carbocycles. The fourth-order valence-electron chi connectivity index (χ4n) is 1.16. The summed E-state index contributed by atoms with van der Waals surface area (Å²) in [6.45, 7) is 4.49. The average Bonchev–Trinajstić information content (AvgIpc) is 2.15. The van der Waals surface area contributed by atoms with Crippen molar-refractivity contribution in [3.63, 3.8) is 0 Å². The SMILES string of the molecule is CC(C)(CCOc1cc(Cl)cc(Cl)c1)C(N)=S. The summed E-state index contributed by atoms with van der Waals surface area (Å²) in [7, 11) is 0. The Morgan fingerprint density at radius 1 is 1.29 bits per heavy atom. The number of hydrogen-bond donors (Lipinski definition) is 1. The van der Waals surface area contributed by atoms with E-state index in [1.54, 1.807) is 18.2 Å². The smallest absolute Gasteiger partial charge is 0.122 e. The highest BCUT2D eigenvalue weighted by Gasteiger charge is 2.21. The summed E-state index contributed by atoms with van der Waals surface area (Å²) in [5.41, 5.74) is 5.42. The van der Waals surface area contributed by atoms with E-state index in [4.69, 9.17) is 45.9 Å². The van der Waals surface area contributed by atoms with Crippen LogP contribution in [0.2, 0.25) is 10.0 Å². The van der Waals surface area contributed by atoms with Gasteiger partial charge in [-0.1, -0.05) is 49.3 Å². The van der Waals surface area contributed by atoms with Crippen molar-refractivity contribution in [1.29, 1.82) is 0 Å². The number of ether oxygens (including phenoxy) is 1. The van der Waals surface area contributed by atoms with Crippen LogP contribution < -0.4 is 10.5 Å². The van der Waals surface area contributed by atoms with E-state index in [1.165, 1.54) is 0 Å². The van der Waals surface area contributed by atoms with Crippen molar-refractivity contribution < 1.29 is 4.74 Å². The number of benzene rings is 1. The van der Waals surface area contributed by atoms with E-state index in [0.717, 1.165) is 6.42 Å². The summed E-state index contributed by atoms with van der Waals surface area (Å²) in [5.74, 6) is 0.654. The molecule has 0 saturated carbocycles. The van der Waals surface area contributed by atoms with Crippen molar-refractivity contribution in [2.75, 3.05) is 6.61 Å². The Hall–Kier alpha value is -0.510. The van der Waals surface area contributed by atoms with Crippen LogP contribution in [0.25, 0.3) is 0 Å². The van der Waals surface area contributed by atoms with Crippen molar-refractivity contribution in [3.05, 3.63) is 28.2 Å². The molecule has 0 radical (unpaired) electrons. The summed E-state index contributed by atoms with van der Waals surface area (Å²) in [5, 5.41) is 1.11. The van der Waals surface area contributed by atoms with E-state index >= 15 is 0 Å². The van der Waals surface area contributed by atoms with Crippen LogP contribution >= 0.6 is 35.4 Å². The molecule has 2 nitrogen and oxygen atoms in total. The number of rotatable bonds is 5. The van der Waals surface area contributed by atoms with E-state index in [-0.39, 0.29) is 5.41 Å². The van der Waals surface area contributed by atoms with Gasteiger partial charge in [0.25, 0.3) is 0 Å². The van der Waals surface area contributed by atoms with Gasteiger partial charge in [0.1, 0.15) is 5.75 Å². The third kappa shape index (κ3) is 4.70. The average molecular weight is 292 g/mol. The third-order valence-corrected chi connectivity index (χ3v) is 3.49. The molecule has 0 atom stereocenters. The first-order valence-corrected chi connectivity index (χ1v) is 6.36. The minimum absolute atomic E-state index is 0.211. The maximum atomic E-state index is 5.86. The van der Waals surface area contributed by atoms with Crippen LogP contribution in [-0.4, -0.2) is 11.6 Å². The first-order chi connectivity index (χ1) is 7.81. The molecule has 0 heterocycles. The molecule has 17 heavy (non-hydrogen) atoms. The topological polar surface area (TPSA) is 35.2 Å². The molecule has 1 aromatic rings. The van der Waals surface area contributed by atoms with E-state index in [1.807, 2.05) is 13.8 Å². The van der Waals surface area contributed by atoms with Gasteiger partial charge in [0.15, 0.2) is 0 Å². The molecular weight excluding hydrogens is 277 g/mol. The lowest BCUT2D eigenvalue weighted by molar-refractivity contribution is 0.270. The lowest BCUT2D eigenvalue weighted by Gasteiger charge is -2.22. The molecule has 2 N–H and O–H groups in total. The van der Waals surface area contributed by atoms with Crippen LogP contribution in [-0.2, 0) is 0 Å². The van der Waals surface area contributed by atoms with Gasteiger partial charge in [-0.15, -0.1) is 0 Å². The van der Waals surface area contributed by atoms with Gasteiger partial charge in [0.05, 0.1) is 11.6 Å². The maximum absolute atomic E-state index is 5.86. The van der Waals surface area contributed by atoms with Crippen molar-refractivity contribution >= 4 is 40.4 Å². The van der Waals surface area contributed by atoms with Crippen LogP contribution in [0.15, 0.2) is 18.2 Å². The molecule has 0 fully saturated rings. The zero-order valence-corrected chi connectivity index (χ0v) is 12.1. The molecule has 0 saturated heterocycles. The lowest BCUT2D eigenvalue weighted by atomic mass is 9.90. The number of halogens is 2. The predicted molar refractivity (Wildman–Crippen MR) is 77.1 cm³/mol. The Morgan fingerprint density at radius 2 is 1.82 bits per heavy atom. The van der Waals surface area contributed by atoms with Gasteiger partial charge in [0.2, 0.25) is 0 Å². The van der Waals surface area contributed by atoms with E-state index in [2.05, 4.69) is 0 Å². The summed E-state index contributed by atoms with van der Waals surface area (Å²) < 4.78 is 5.57. The minimum Gasteiger partial charge on any atom is -0.493 e. The van der Waals surface area contributed by atoms with Crippen LogP contribution in [0, 0.1) is 5.41 Å². The fraction of sp³-hybridized carbons (Fsp3) is 0.417. The number of hydrogen-bond acceptors (Lipinski definition) is 2. The van der Waals surface area contributed by atoms with Gasteiger partial charge in [-0.3, -0.25) is 0 Å². The van der Waals surface area contributed by atoms with Gasteiger partial charge in [0, 0.05) is 15.5 Å². The van der Waals surface area contributed by atoms with Crippen LogP contribution in [0.1, 0.15) is 20.3 Å². The molecule has 0 amide bonds. The molecule has 0 aliphatic heterocycles. The highest BCUT2D eigenvalue weighted by atomic mass is 35.5. The molecule has 0 bridgehead atoms. The largest absolute Gasteiger partial charge is 0.493 e. The summed E-state index contributed by atoms with van der Waals surface area (Å²) in [4.78, 5) is 0.491. The van der Waals surface area contributed by atoms with Crippen molar-refractivity contribution in [2.24, 2.45) is 11.1 Å². The van der Waals surface area contributed by atoms with Crippen molar-refractivity contribution in [3.8, 4) is 5.75 Å². The zero-order chi connectivity index (χ0) is 13.1. The van der Waals surface area contributed by atoms with Crippen LogP contribution in [0.5, 0.6) is 5.75 Å². The van der Waals surface area contributed by atoms with Gasteiger partial charge in [-0.25, -0.2) is 0 Å². The van der Waals surface area contributed by atoms with Gasteiger partial charge < -0.3 is 10.5 Å². The molecule has 94 valence electrons. The zero-order valence-electron chi connectivity index (χ0n) is 9.80. The fourth-order valence-corrected chi connectivity index (χ4v) is 1.77. The predicted octanol–water partition coefficient (Wildman–Crippen LogP) is 4.07. The third-order valence-electron chi connectivity index (χ3n) is 2.50. The minimum atomic E-state index is -0.211. The lowest BCUT2D eigenvalue weighted by Crippen LogP contribution is -2.31.